The number of pyridine rings is 1. The summed E-state index contributed by atoms with van der Waals surface area (Å²) in [5.74, 6) is 0.996. The topological polar surface area (TPSA) is 53.6 Å². The molecule has 0 aliphatic heterocycles. The molecule has 0 atom stereocenters. The minimum atomic E-state index is 0.550. The van der Waals surface area contributed by atoms with Crippen LogP contribution in [0.3, 0.4) is 0 Å². The first-order valence-corrected chi connectivity index (χ1v) is 9.02. The van der Waals surface area contributed by atoms with E-state index < -0.39 is 0 Å². The quantitative estimate of drug-likeness (QED) is 0.728. The summed E-state index contributed by atoms with van der Waals surface area (Å²) < 4.78 is 0. The number of hydrogen-bond acceptors (Lipinski definition) is 3. The molecule has 4 rings (SSSR count). The molecule has 1 aliphatic carbocycles. The Morgan fingerprint density at radius 1 is 1.00 bits per heavy atom. The Hall–Kier alpha value is -2.36. The normalized spacial score (nSPS) is 15.7. The van der Waals surface area contributed by atoms with Crippen molar-refractivity contribution in [3.8, 4) is 0 Å². The van der Waals surface area contributed by atoms with Crippen LogP contribution in [0.4, 0.5) is 5.82 Å². The Kier molecular flexibility index (Phi) is 4.45. The van der Waals surface area contributed by atoms with Crippen molar-refractivity contribution in [1.29, 1.82) is 0 Å². The lowest BCUT2D eigenvalue weighted by molar-refractivity contribution is 0.462. The van der Waals surface area contributed by atoms with Gasteiger partial charge in [0, 0.05) is 17.9 Å². The number of aromatic nitrogens is 3. The molecule has 2 aromatic heterocycles. The Balaban J connectivity index is 1.57. The van der Waals surface area contributed by atoms with Crippen LogP contribution in [0.25, 0.3) is 10.9 Å². The Bertz CT molecular complexity index is 788. The van der Waals surface area contributed by atoms with Crippen LogP contribution in [0.5, 0.6) is 0 Å². The van der Waals surface area contributed by atoms with Gasteiger partial charge < -0.3 is 5.32 Å². The first-order chi connectivity index (χ1) is 11.9. The van der Waals surface area contributed by atoms with E-state index in [0.29, 0.717) is 6.04 Å². The highest BCUT2D eigenvalue weighted by Gasteiger charge is 2.17. The maximum atomic E-state index is 4.62. The van der Waals surface area contributed by atoms with Gasteiger partial charge in [-0.25, -0.2) is 4.98 Å². The van der Waals surface area contributed by atoms with Gasteiger partial charge in [0.2, 0.25) is 0 Å². The zero-order chi connectivity index (χ0) is 16.2. The van der Waals surface area contributed by atoms with Gasteiger partial charge >= 0.3 is 0 Å². The molecule has 0 bridgehead atoms. The van der Waals surface area contributed by atoms with E-state index in [0.717, 1.165) is 24.2 Å². The molecule has 1 fully saturated rings. The van der Waals surface area contributed by atoms with Crippen molar-refractivity contribution >= 4 is 16.7 Å². The molecule has 0 unspecified atom stereocenters. The second-order valence-electron chi connectivity index (χ2n) is 6.72. The van der Waals surface area contributed by atoms with Gasteiger partial charge in [-0.2, -0.15) is 5.10 Å². The number of fused-ring (bicyclic) bond motifs is 1. The van der Waals surface area contributed by atoms with E-state index in [9.17, 15) is 0 Å². The number of nitrogens with one attached hydrogen (secondary N) is 2. The van der Waals surface area contributed by atoms with E-state index in [1.165, 1.54) is 48.7 Å². The number of H-pyrrole nitrogens is 1. The van der Waals surface area contributed by atoms with Crippen molar-refractivity contribution in [3.05, 3.63) is 53.9 Å². The second kappa shape index (κ2) is 7.04. The monoisotopic (exact) mass is 320 g/mol. The van der Waals surface area contributed by atoms with Crippen molar-refractivity contribution < 1.29 is 0 Å². The molecule has 24 heavy (non-hydrogen) atoms. The molecule has 1 aromatic carbocycles. The van der Waals surface area contributed by atoms with Gasteiger partial charge in [-0.1, -0.05) is 49.6 Å². The fraction of sp³-hybridized carbons (Fsp3) is 0.400. The Labute approximate surface area is 142 Å². The number of aryl methyl sites for hydroxylation is 2. The third-order valence-corrected chi connectivity index (χ3v) is 4.99. The first kappa shape index (κ1) is 15.2. The summed E-state index contributed by atoms with van der Waals surface area (Å²) in [6, 6.07) is 13.1. The van der Waals surface area contributed by atoms with E-state index in [1.54, 1.807) is 0 Å². The SMILES string of the molecule is c1ccc(CCc2[nH]nc3ccnc(NC4CCCCC4)c23)cc1. The molecule has 1 aliphatic rings. The van der Waals surface area contributed by atoms with Crippen molar-refractivity contribution in [2.24, 2.45) is 0 Å². The third-order valence-electron chi connectivity index (χ3n) is 4.99. The first-order valence-electron chi connectivity index (χ1n) is 9.02. The van der Waals surface area contributed by atoms with Crippen LogP contribution in [-0.4, -0.2) is 21.2 Å². The highest BCUT2D eigenvalue weighted by atomic mass is 15.1. The van der Waals surface area contributed by atoms with E-state index in [2.05, 4.69) is 50.8 Å². The molecule has 4 nitrogen and oxygen atoms in total. The lowest BCUT2D eigenvalue weighted by atomic mass is 9.95. The van der Waals surface area contributed by atoms with Crippen LogP contribution in [-0.2, 0) is 12.8 Å². The Morgan fingerprint density at radius 2 is 1.83 bits per heavy atom. The van der Waals surface area contributed by atoms with Gasteiger partial charge in [0.15, 0.2) is 0 Å². The molecule has 4 heteroatoms. The highest BCUT2D eigenvalue weighted by Crippen LogP contribution is 2.27. The van der Waals surface area contributed by atoms with E-state index >= 15 is 0 Å². The van der Waals surface area contributed by atoms with E-state index in [4.69, 9.17) is 0 Å². The molecule has 0 radical (unpaired) electrons. The maximum Gasteiger partial charge on any atom is 0.137 e. The molecule has 0 spiro atoms. The maximum absolute atomic E-state index is 4.62. The van der Waals surface area contributed by atoms with Gasteiger partial charge in [0.25, 0.3) is 0 Å². The van der Waals surface area contributed by atoms with Gasteiger partial charge in [0.05, 0.1) is 10.9 Å². The molecule has 3 aromatic rings. The number of hydrogen-bond donors (Lipinski definition) is 2. The summed E-state index contributed by atoms with van der Waals surface area (Å²) in [5.41, 5.74) is 3.54. The van der Waals surface area contributed by atoms with Gasteiger partial charge in [0.1, 0.15) is 5.82 Å². The number of nitrogens with zero attached hydrogens (tertiary/aromatic N) is 2. The Morgan fingerprint density at radius 3 is 2.67 bits per heavy atom. The predicted octanol–water partition coefficient (Wildman–Crippen LogP) is 4.49. The molecule has 2 N–H and O–H groups in total. The fourth-order valence-corrected chi connectivity index (χ4v) is 3.67. The zero-order valence-corrected chi connectivity index (χ0v) is 14.0. The average molecular weight is 320 g/mol. The average Bonchev–Trinajstić information content (AvgIpc) is 3.06. The second-order valence-corrected chi connectivity index (χ2v) is 6.72. The standard InChI is InChI=1S/C20H24N4/c1-3-7-15(8-4-1)11-12-17-19-18(24-23-17)13-14-21-20(19)22-16-9-5-2-6-10-16/h1,3-4,7-8,13-14,16H,2,5-6,9-12H2,(H,21,22)(H,23,24). The molecule has 124 valence electrons. The molecular formula is C20H24N4. The minimum Gasteiger partial charge on any atom is -0.367 e. The molecule has 2 heterocycles. The van der Waals surface area contributed by atoms with E-state index in [-0.39, 0.29) is 0 Å². The lowest BCUT2D eigenvalue weighted by Gasteiger charge is -2.23. The van der Waals surface area contributed by atoms with Crippen LogP contribution in [0.15, 0.2) is 42.6 Å². The number of benzene rings is 1. The van der Waals surface area contributed by atoms with Crippen LogP contribution >= 0.6 is 0 Å². The van der Waals surface area contributed by atoms with Crippen molar-refractivity contribution in [2.45, 2.75) is 51.0 Å². The third kappa shape index (κ3) is 3.28. The fourth-order valence-electron chi connectivity index (χ4n) is 3.67. The van der Waals surface area contributed by atoms with Gasteiger partial charge in [-0.05, 0) is 37.3 Å². The van der Waals surface area contributed by atoms with Crippen molar-refractivity contribution in [2.75, 3.05) is 5.32 Å². The summed E-state index contributed by atoms with van der Waals surface area (Å²) in [6.07, 6.45) is 10.3. The summed E-state index contributed by atoms with van der Waals surface area (Å²) >= 11 is 0. The largest absolute Gasteiger partial charge is 0.367 e. The van der Waals surface area contributed by atoms with E-state index in [1.807, 2.05) is 12.3 Å². The summed E-state index contributed by atoms with van der Waals surface area (Å²) in [6.45, 7) is 0. The summed E-state index contributed by atoms with van der Waals surface area (Å²) in [5, 5.41) is 12.6. The molecule has 0 amide bonds. The zero-order valence-electron chi connectivity index (χ0n) is 14.0. The van der Waals surface area contributed by atoms with Crippen LogP contribution in [0.2, 0.25) is 0 Å². The van der Waals surface area contributed by atoms with Crippen LogP contribution in [0.1, 0.15) is 43.4 Å². The van der Waals surface area contributed by atoms with Crippen molar-refractivity contribution in [1.82, 2.24) is 15.2 Å². The molecular weight excluding hydrogens is 296 g/mol. The minimum absolute atomic E-state index is 0.550. The number of anilines is 1. The number of rotatable bonds is 5. The summed E-state index contributed by atoms with van der Waals surface area (Å²) in [7, 11) is 0. The van der Waals surface area contributed by atoms with Crippen molar-refractivity contribution in [3.63, 3.8) is 0 Å². The smallest absolute Gasteiger partial charge is 0.137 e. The van der Waals surface area contributed by atoms with Crippen LogP contribution in [0, 0.1) is 0 Å². The van der Waals surface area contributed by atoms with Gasteiger partial charge in [-0.3, -0.25) is 5.10 Å². The predicted molar refractivity (Wildman–Crippen MR) is 98.2 cm³/mol. The molecule has 0 saturated heterocycles. The summed E-state index contributed by atoms with van der Waals surface area (Å²) in [4.78, 5) is 4.62. The van der Waals surface area contributed by atoms with Gasteiger partial charge in [-0.15, -0.1) is 0 Å². The highest BCUT2D eigenvalue weighted by molar-refractivity contribution is 5.91. The lowest BCUT2D eigenvalue weighted by Crippen LogP contribution is -2.23. The van der Waals surface area contributed by atoms with Crippen LogP contribution < -0.4 is 5.32 Å². The number of aromatic amines is 1. The molecule has 1 saturated carbocycles.